The molecule has 10 nitrogen and oxygen atoms in total. The average molecular weight is 571 g/mol. The number of ether oxygens (including phenoxy) is 2. The molecule has 3 aliphatic heterocycles. The van der Waals surface area contributed by atoms with Crippen molar-refractivity contribution in [2.75, 3.05) is 33.9 Å². The highest BCUT2D eigenvalue weighted by Crippen LogP contribution is 2.39. The molecule has 10 heteroatoms. The SMILES string of the molecule is COc1ccc(C[C@]2(CN3C[C@@H]4C[C@H](C3)c3cccc(=O)n3C4)C(=O)NC(=O)N(Cc3ccccc3)C2=O)cc1OC. The van der Waals surface area contributed by atoms with E-state index in [-0.39, 0.29) is 36.9 Å². The van der Waals surface area contributed by atoms with E-state index in [1.165, 1.54) is 7.11 Å². The molecule has 4 amide bonds. The fourth-order valence-corrected chi connectivity index (χ4v) is 6.84. The summed E-state index contributed by atoms with van der Waals surface area (Å²) in [5.41, 5.74) is 0.906. The third kappa shape index (κ3) is 4.96. The van der Waals surface area contributed by atoms with E-state index in [1.807, 2.05) is 47.0 Å². The molecular formula is C32H34N4O6. The summed E-state index contributed by atoms with van der Waals surface area (Å²) in [7, 11) is 3.08. The van der Waals surface area contributed by atoms with Crippen LogP contribution in [0.25, 0.3) is 0 Å². The van der Waals surface area contributed by atoms with Crippen LogP contribution in [-0.2, 0) is 29.1 Å². The summed E-state index contributed by atoms with van der Waals surface area (Å²) in [6, 6.07) is 19.2. The van der Waals surface area contributed by atoms with Crippen LogP contribution in [0.4, 0.5) is 4.79 Å². The van der Waals surface area contributed by atoms with Gasteiger partial charge < -0.3 is 18.9 Å². The predicted octanol–water partition coefficient (Wildman–Crippen LogP) is 2.79. The lowest BCUT2D eigenvalue weighted by Gasteiger charge is -2.47. The van der Waals surface area contributed by atoms with Crippen molar-refractivity contribution in [3.63, 3.8) is 0 Å². The van der Waals surface area contributed by atoms with Crippen LogP contribution in [0.2, 0.25) is 0 Å². The van der Waals surface area contributed by atoms with Crippen molar-refractivity contribution in [3.05, 3.63) is 93.9 Å². The quantitative estimate of drug-likeness (QED) is 0.415. The van der Waals surface area contributed by atoms with Crippen LogP contribution in [0.15, 0.2) is 71.5 Å². The highest BCUT2D eigenvalue weighted by Gasteiger charge is 2.55. The first kappa shape index (κ1) is 27.7. The van der Waals surface area contributed by atoms with Gasteiger partial charge in [0.05, 0.1) is 20.8 Å². The first-order chi connectivity index (χ1) is 20.3. The number of hydrogen-bond acceptors (Lipinski definition) is 7. The minimum absolute atomic E-state index is 0.00234. The van der Waals surface area contributed by atoms with Crippen LogP contribution < -0.4 is 20.3 Å². The van der Waals surface area contributed by atoms with Crippen molar-refractivity contribution in [3.8, 4) is 11.5 Å². The van der Waals surface area contributed by atoms with Crippen LogP contribution in [0.3, 0.4) is 0 Å². The number of nitrogens with one attached hydrogen (secondary N) is 1. The average Bonchev–Trinajstić information content (AvgIpc) is 2.99. The highest BCUT2D eigenvalue weighted by atomic mass is 16.5. The Bertz CT molecular complexity index is 1590. The molecule has 2 fully saturated rings. The molecule has 1 N–H and O–H groups in total. The van der Waals surface area contributed by atoms with Gasteiger partial charge in [-0.15, -0.1) is 0 Å². The maximum Gasteiger partial charge on any atom is 0.331 e. The van der Waals surface area contributed by atoms with Gasteiger partial charge in [0.25, 0.3) is 5.56 Å². The van der Waals surface area contributed by atoms with E-state index in [4.69, 9.17) is 9.47 Å². The molecule has 3 atom stereocenters. The van der Waals surface area contributed by atoms with Gasteiger partial charge in [-0.25, -0.2) is 4.79 Å². The monoisotopic (exact) mass is 570 g/mol. The van der Waals surface area contributed by atoms with E-state index in [1.54, 1.807) is 31.4 Å². The number of barbiturate groups is 1. The van der Waals surface area contributed by atoms with Crippen LogP contribution in [0.1, 0.15) is 29.2 Å². The third-order valence-corrected chi connectivity index (χ3v) is 8.74. The van der Waals surface area contributed by atoms with Crippen molar-refractivity contribution >= 4 is 17.8 Å². The zero-order valence-electron chi connectivity index (χ0n) is 23.7. The lowest BCUT2D eigenvalue weighted by Crippen LogP contribution is -2.67. The molecule has 0 saturated carbocycles. The number of imide groups is 2. The number of rotatable bonds is 8. The number of likely N-dealkylation sites (tertiary alicyclic amines) is 1. The molecule has 2 saturated heterocycles. The normalized spacial score (nSPS) is 23.8. The van der Waals surface area contributed by atoms with Crippen molar-refractivity contribution in [2.45, 2.75) is 31.8 Å². The number of nitrogens with zero attached hydrogens (tertiary/aromatic N) is 3. The number of pyridine rings is 1. The van der Waals surface area contributed by atoms with E-state index in [0.29, 0.717) is 36.7 Å². The molecule has 218 valence electrons. The molecule has 6 rings (SSSR count). The second-order valence-electron chi connectivity index (χ2n) is 11.5. The minimum Gasteiger partial charge on any atom is -0.493 e. The number of benzene rings is 2. The number of carbonyl (C=O) groups excluding carboxylic acids is 3. The third-order valence-electron chi connectivity index (χ3n) is 8.74. The summed E-state index contributed by atoms with van der Waals surface area (Å²) in [6.07, 6.45) is 1.01. The number of urea groups is 1. The van der Waals surface area contributed by atoms with E-state index in [0.717, 1.165) is 22.6 Å². The maximum atomic E-state index is 14.4. The number of carbonyl (C=O) groups is 3. The molecule has 0 unspecified atom stereocenters. The molecule has 2 bridgehead atoms. The van der Waals surface area contributed by atoms with Crippen LogP contribution in [-0.4, -0.2) is 66.1 Å². The van der Waals surface area contributed by atoms with E-state index in [9.17, 15) is 19.2 Å². The molecule has 0 aliphatic carbocycles. The first-order valence-electron chi connectivity index (χ1n) is 14.2. The van der Waals surface area contributed by atoms with Gasteiger partial charge >= 0.3 is 6.03 Å². The number of amides is 4. The zero-order valence-corrected chi connectivity index (χ0v) is 23.7. The van der Waals surface area contributed by atoms with E-state index < -0.39 is 23.3 Å². The van der Waals surface area contributed by atoms with Gasteiger partial charge in [0.15, 0.2) is 11.5 Å². The molecule has 4 heterocycles. The molecule has 42 heavy (non-hydrogen) atoms. The van der Waals surface area contributed by atoms with Gasteiger partial charge in [-0.05, 0) is 48.1 Å². The summed E-state index contributed by atoms with van der Waals surface area (Å²) in [6.45, 7) is 2.02. The molecule has 3 aromatic rings. The van der Waals surface area contributed by atoms with Gasteiger partial charge in [0.2, 0.25) is 11.8 Å². The Hall–Kier alpha value is -4.44. The fourth-order valence-electron chi connectivity index (χ4n) is 6.84. The second kappa shape index (κ2) is 11.1. The Kier molecular flexibility index (Phi) is 7.32. The Morgan fingerprint density at radius 3 is 2.40 bits per heavy atom. The van der Waals surface area contributed by atoms with Crippen molar-refractivity contribution in [1.82, 2.24) is 19.7 Å². The molecular weight excluding hydrogens is 536 g/mol. The Balaban J connectivity index is 1.37. The smallest absolute Gasteiger partial charge is 0.331 e. The summed E-state index contributed by atoms with van der Waals surface area (Å²) in [5.74, 6) is 0.201. The van der Waals surface area contributed by atoms with Gasteiger partial charge in [-0.2, -0.15) is 0 Å². The lowest BCUT2D eigenvalue weighted by atomic mass is 9.75. The van der Waals surface area contributed by atoms with Crippen molar-refractivity contribution in [1.29, 1.82) is 0 Å². The first-order valence-corrected chi connectivity index (χ1v) is 14.2. The van der Waals surface area contributed by atoms with Crippen LogP contribution >= 0.6 is 0 Å². The highest BCUT2D eigenvalue weighted by molar-refractivity contribution is 6.19. The number of piperidine rings is 1. The molecule has 1 aromatic heterocycles. The summed E-state index contributed by atoms with van der Waals surface area (Å²) < 4.78 is 12.7. The number of fused-ring (bicyclic) bond motifs is 4. The van der Waals surface area contributed by atoms with Crippen molar-refractivity contribution in [2.24, 2.45) is 11.3 Å². The largest absolute Gasteiger partial charge is 0.493 e. The van der Waals surface area contributed by atoms with Gasteiger partial charge in [-0.1, -0.05) is 42.5 Å². The van der Waals surface area contributed by atoms with Gasteiger partial charge in [-0.3, -0.25) is 24.6 Å². The predicted molar refractivity (Wildman–Crippen MR) is 154 cm³/mol. The minimum atomic E-state index is -1.57. The van der Waals surface area contributed by atoms with E-state index in [2.05, 4.69) is 10.2 Å². The Morgan fingerprint density at radius 1 is 0.857 bits per heavy atom. The summed E-state index contributed by atoms with van der Waals surface area (Å²) in [5, 5.41) is 2.50. The second-order valence-corrected chi connectivity index (χ2v) is 11.5. The molecule has 3 aliphatic rings. The number of aromatic nitrogens is 1. The summed E-state index contributed by atoms with van der Waals surface area (Å²) in [4.78, 5) is 57.2. The number of methoxy groups -OCH3 is 2. The molecule has 0 spiro atoms. The number of hydrogen-bond donors (Lipinski definition) is 1. The molecule has 2 aromatic carbocycles. The van der Waals surface area contributed by atoms with Crippen LogP contribution in [0, 0.1) is 11.3 Å². The zero-order chi connectivity index (χ0) is 29.4. The van der Waals surface area contributed by atoms with Crippen molar-refractivity contribution < 1.29 is 23.9 Å². The molecule has 0 radical (unpaired) electrons. The Morgan fingerprint density at radius 2 is 1.64 bits per heavy atom. The lowest BCUT2D eigenvalue weighted by molar-refractivity contribution is -0.154. The van der Waals surface area contributed by atoms with E-state index >= 15 is 0 Å². The van der Waals surface area contributed by atoms with Gasteiger partial charge in [0, 0.05) is 43.9 Å². The summed E-state index contributed by atoms with van der Waals surface area (Å²) >= 11 is 0. The van der Waals surface area contributed by atoms with Gasteiger partial charge in [0.1, 0.15) is 5.41 Å². The standard InChI is InChI=1S/C32H34N4O6/c1-41-26-12-11-22(14-27(26)42-2)15-32(29(38)33-31(40)36(30(32)39)17-21-7-4-3-5-8-21)20-34-16-23-13-24(19-34)25-9-6-10-28(37)35(25)18-23/h3-12,14,23-24H,13,15-20H2,1-2H3,(H,33,38,40)/t23-,24+,32-/m0/s1. The topological polar surface area (TPSA) is 110 Å². The maximum absolute atomic E-state index is 14.4. The fraction of sp³-hybridized carbons (Fsp3) is 0.375. The van der Waals surface area contributed by atoms with Crippen LogP contribution in [0.5, 0.6) is 11.5 Å². The Labute approximate surface area is 243 Å².